The first-order chi connectivity index (χ1) is 20.3. The van der Waals surface area contributed by atoms with Gasteiger partial charge in [-0.15, -0.1) is 0 Å². The average molecular weight is 580 g/mol. The van der Waals surface area contributed by atoms with Gasteiger partial charge in [-0.25, -0.2) is 9.78 Å². The number of nitrogens with one attached hydrogen (secondary N) is 1. The molecule has 1 N–H and O–H groups in total. The van der Waals surface area contributed by atoms with Crippen LogP contribution < -0.4 is 10.2 Å². The van der Waals surface area contributed by atoms with Crippen LogP contribution in [-0.2, 0) is 20.7 Å². The van der Waals surface area contributed by atoms with Gasteiger partial charge in [0.1, 0.15) is 23.8 Å². The molecule has 0 spiro atoms. The molecule has 4 aliphatic rings. The molecule has 0 radical (unpaired) electrons. The number of aromatic nitrogens is 2. The first-order valence-electron chi connectivity index (χ1n) is 15.4. The van der Waals surface area contributed by atoms with Crippen molar-refractivity contribution in [2.24, 2.45) is 5.92 Å². The van der Waals surface area contributed by atoms with Crippen LogP contribution in [0.3, 0.4) is 0 Å². The zero-order valence-corrected chi connectivity index (χ0v) is 25.9. The van der Waals surface area contributed by atoms with E-state index in [0.29, 0.717) is 12.5 Å². The summed E-state index contributed by atoms with van der Waals surface area (Å²) in [6, 6.07) is 15.1. The third-order valence-corrected chi connectivity index (χ3v) is 9.94. The van der Waals surface area contributed by atoms with Gasteiger partial charge in [-0.1, -0.05) is 24.3 Å². The molecule has 3 atom stereocenters. The van der Waals surface area contributed by atoms with Gasteiger partial charge in [0.2, 0.25) is 0 Å². The minimum Gasteiger partial charge on any atom is -0.488 e. The predicted octanol–water partition coefficient (Wildman–Crippen LogP) is 6.65. The van der Waals surface area contributed by atoms with E-state index in [1.807, 2.05) is 25.7 Å². The molecule has 1 amide bonds. The van der Waals surface area contributed by atoms with E-state index in [0.717, 1.165) is 68.4 Å². The van der Waals surface area contributed by atoms with Crippen molar-refractivity contribution in [3.63, 3.8) is 0 Å². The first-order valence-corrected chi connectivity index (χ1v) is 15.4. The SMILES string of the molecule is CC(C)(C)OC(=O)N1C(c2nc3c(ccc4cc5c(cc43)OCc3cc(B4OC(C)(C)C(C)(C)O4)ccc3-5)[nH]2)CC2CC21. The Morgan fingerprint density at radius 2 is 1.79 bits per heavy atom. The average Bonchev–Trinajstić information content (AvgIpc) is 3.28. The fourth-order valence-electron chi connectivity index (χ4n) is 6.89. The molecular weight excluding hydrogens is 541 g/mol. The number of benzene rings is 3. The minimum atomic E-state index is -0.538. The third-order valence-electron chi connectivity index (χ3n) is 9.94. The van der Waals surface area contributed by atoms with Crippen LogP contribution in [0.1, 0.15) is 78.7 Å². The normalized spacial score (nSPS) is 25.0. The van der Waals surface area contributed by atoms with Crippen LogP contribution in [-0.4, -0.2) is 50.9 Å². The van der Waals surface area contributed by atoms with Crippen molar-refractivity contribution < 1.29 is 23.6 Å². The van der Waals surface area contributed by atoms with Gasteiger partial charge in [0.25, 0.3) is 0 Å². The van der Waals surface area contributed by atoms with E-state index < -0.39 is 12.7 Å². The maximum atomic E-state index is 13.2. The van der Waals surface area contributed by atoms with Crippen molar-refractivity contribution in [2.45, 2.75) is 96.8 Å². The Morgan fingerprint density at radius 1 is 1.02 bits per heavy atom. The lowest BCUT2D eigenvalue weighted by Crippen LogP contribution is -2.41. The molecule has 222 valence electrons. The minimum absolute atomic E-state index is 0.111. The molecule has 3 fully saturated rings. The number of fused-ring (bicyclic) bond motifs is 7. The summed E-state index contributed by atoms with van der Waals surface area (Å²) in [5.74, 6) is 2.19. The maximum absolute atomic E-state index is 13.2. The van der Waals surface area contributed by atoms with Crippen LogP contribution in [0.2, 0.25) is 0 Å². The van der Waals surface area contributed by atoms with Gasteiger partial charge >= 0.3 is 13.2 Å². The predicted molar refractivity (Wildman–Crippen MR) is 166 cm³/mol. The highest BCUT2D eigenvalue weighted by Gasteiger charge is 2.56. The quantitative estimate of drug-likeness (QED) is 0.268. The van der Waals surface area contributed by atoms with Gasteiger partial charge in [-0.3, -0.25) is 4.90 Å². The van der Waals surface area contributed by atoms with E-state index in [9.17, 15) is 4.79 Å². The largest absolute Gasteiger partial charge is 0.494 e. The Hall–Kier alpha value is -3.56. The molecule has 3 aromatic carbocycles. The summed E-state index contributed by atoms with van der Waals surface area (Å²) in [6.07, 6.45) is 1.70. The fraction of sp³-hybridized carbons (Fsp3) is 0.471. The number of piperidine rings is 1. The molecule has 3 aliphatic heterocycles. The second-order valence-corrected chi connectivity index (χ2v) is 14.6. The summed E-state index contributed by atoms with van der Waals surface area (Å²) < 4.78 is 24.7. The van der Waals surface area contributed by atoms with Crippen molar-refractivity contribution in [3.8, 4) is 16.9 Å². The molecule has 3 unspecified atom stereocenters. The molecule has 43 heavy (non-hydrogen) atoms. The molecule has 8 nitrogen and oxygen atoms in total. The van der Waals surface area contributed by atoms with Gasteiger partial charge in [0.15, 0.2) is 0 Å². The van der Waals surface area contributed by atoms with Gasteiger partial charge in [0, 0.05) is 17.0 Å². The van der Waals surface area contributed by atoms with Crippen molar-refractivity contribution in [1.82, 2.24) is 14.9 Å². The van der Waals surface area contributed by atoms with Crippen molar-refractivity contribution in [1.29, 1.82) is 0 Å². The van der Waals surface area contributed by atoms with E-state index in [-0.39, 0.29) is 29.4 Å². The lowest BCUT2D eigenvalue weighted by Gasteiger charge is -2.32. The second kappa shape index (κ2) is 8.76. The first kappa shape index (κ1) is 27.0. The fourth-order valence-corrected chi connectivity index (χ4v) is 6.89. The number of aromatic amines is 1. The zero-order valence-electron chi connectivity index (χ0n) is 25.9. The summed E-state index contributed by atoms with van der Waals surface area (Å²) in [5.41, 5.74) is 4.87. The summed E-state index contributed by atoms with van der Waals surface area (Å²) in [7, 11) is -0.410. The number of likely N-dealkylation sites (tertiary alicyclic amines) is 1. The molecule has 1 aromatic heterocycles. The van der Waals surface area contributed by atoms with Gasteiger partial charge in [-0.2, -0.15) is 0 Å². The van der Waals surface area contributed by atoms with Crippen LogP contribution in [0, 0.1) is 5.92 Å². The summed E-state index contributed by atoms with van der Waals surface area (Å²) in [4.78, 5) is 23.7. The number of amides is 1. The van der Waals surface area contributed by atoms with Crippen molar-refractivity contribution >= 4 is 40.5 Å². The Labute approximate surface area is 252 Å². The highest BCUT2D eigenvalue weighted by atomic mass is 16.7. The van der Waals surface area contributed by atoms with E-state index >= 15 is 0 Å². The van der Waals surface area contributed by atoms with Crippen LogP contribution in [0.5, 0.6) is 5.75 Å². The number of imidazole rings is 1. The van der Waals surface area contributed by atoms with Gasteiger partial charge in [0.05, 0.1) is 28.3 Å². The van der Waals surface area contributed by atoms with Crippen LogP contribution in [0.15, 0.2) is 42.5 Å². The number of nitrogens with zero attached hydrogens (tertiary/aromatic N) is 2. The smallest absolute Gasteiger partial charge is 0.488 e. The number of H-pyrrole nitrogens is 1. The Bertz CT molecular complexity index is 1810. The van der Waals surface area contributed by atoms with Crippen molar-refractivity contribution in [3.05, 3.63) is 53.9 Å². The Balaban J connectivity index is 1.13. The third kappa shape index (κ3) is 4.26. The molecule has 9 heteroatoms. The molecule has 0 bridgehead atoms. The Morgan fingerprint density at radius 3 is 2.53 bits per heavy atom. The van der Waals surface area contributed by atoms with E-state index in [1.165, 1.54) is 0 Å². The van der Waals surface area contributed by atoms with E-state index in [1.54, 1.807) is 0 Å². The molecule has 1 saturated carbocycles. The topological polar surface area (TPSA) is 85.9 Å². The molecule has 2 saturated heterocycles. The summed E-state index contributed by atoms with van der Waals surface area (Å²) >= 11 is 0. The monoisotopic (exact) mass is 579 g/mol. The maximum Gasteiger partial charge on any atom is 0.494 e. The number of ether oxygens (including phenoxy) is 2. The lowest BCUT2D eigenvalue weighted by molar-refractivity contribution is 0.00578. The Kier molecular flexibility index (Phi) is 5.51. The van der Waals surface area contributed by atoms with Crippen LogP contribution >= 0.6 is 0 Å². The van der Waals surface area contributed by atoms with Crippen molar-refractivity contribution in [2.75, 3.05) is 0 Å². The van der Waals surface area contributed by atoms with Crippen LogP contribution in [0.25, 0.3) is 32.9 Å². The zero-order chi connectivity index (χ0) is 30.1. The van der Waals surface area contributed by atoms with E-state index in [2.05, 4.69) is 75.1 Å². The standard InChI is InChI=1S/C34H38BN3O5/c1-32(2,3)41-31(39)38-26-14-19(26)15-27(38)30-36-25-11-8-18-13-24-22-10-9-21(35-42-33(4,5)34(6,7)43-35)12-20(22)17-40-28(24)16-23(18)29(25)37-30/h8-13,16,19,26-27H,14-15,17H2,1-7H3,(H,36,37). The molecular formula is C34H38BN3O5. The number of hydrogen-bond acceptors (Lipinski definition) is 6. The highest BCUT2D eigenvalue weighted by Crippen LogP contribution is 2.54. The van der Waals surface area contributed by atoms with E-state index in [4.69, 9.17) is 23.8 Å². The summed E-state index contributed by atoms with van der Waals surface area (Å²) in [6.45, 7) is 14.5. The highest BCUT2D eigenvalue weighted by molar-refractivity contribution is 6.62. The number of carbonyl (C=O) groups excluding carboxylic acids is 1. The van der Waals surface area contributed by atoms with Gasteiger partial charge < -0.3 is 23.8 Å². The summed E-state index contributed by atoms with van der Waals surface area (Å²) in [5, 5.41) is 2.12. The molecule has 8 rings (SSSR count). The number of rotatable bonds is 2. The molecule has 1 aliphatic carbocycles. The number of hydrogen-bond donors (Lipinski definition) is 1. The molecule has 4 heterocycles. The molecule has 4 aromatic rings. The van der Waals surface area contributed by atoms with Gasteiger partial charge in [-0.05, 0) is 107 Å². The lowest BCUT2D eigenvalue weighted by atomic mass is 9.77. The van der Waals surface area contributed by atoms with Crippen LogP contribution in [0.4, 0.5) is 4.79 Å². The second-order valence-electron chi connectivity index (χ2n) is 14.6. The number of carbonyl (C=O) groups is 1.